The van der Waals surface area contributed by atoms with E-state index in [1.807, 2.05) is 5.38 Å². The highest BCUT2D eigenvalue weighted by atomic mass is 32.1. The lowest BCUT2D eigenvalue weighted by molar-refractivity contribution is -0.123. The second kappa shape index (κ2) is 5.36. The number of thiazole rings is 1. The summed E-state index contributed by atoms with van der Waals surface area (Å²) < 4.78 is 0. The van der Waals surface area contributed by atoms with Crippen LogP contribution in [-0.4, -0.2) is 23.0 Å². The monoisotopic (exact) mass is 265 g/mol. The normalized spacial score (nSPS) is 31.0. The third kappa shape index (κ3) is 2.57. The summed E-state index contributed by atoms with van der Waals surface area (Å²) in [6.45, 7) is 0.551. The Labute approximate surface area is 111 Å². The Bertz CT molecular complexity index is 392. The smallest absolute Gasteiger partial charge is 0.237 e. The quantitative estimate of drug-likeness (QED) is 0.874. The lowest BCUT2D eigenvalue weighted by Gasteiger charge is -2.24. The zero-order valence-electron chi connectivity index (χ0n) is 10.4. The van der Waals surface area contributed by atoms with E-state index in [1.165, 1.54) is 25.7 Å². The molecule has 0 radical (unpaired) electrons. The molecule has 2 heterocycles. The van der Waals surface area contributed by atoms with Gasteiger partial charge in [0.05, 0.1) is 23.8 Å². The second-order valence-electron chi connectivity index (χ2n) is 5.30. The van der Waals surface area contributed by atoms with E-state index >= 15 is 0 Å². The fourth-order valence-corrected chi connectivity index (χ4v) is 3.71. The number of amides is 1. The number of rotatable bonds is 3. The maximum atomic E-state index is 12.1. The average Bonchev–Trinajstić information content (AvgIpc) is 3.04. The SMILES string of the molecule is O=C(NCc1cscn1)C1CC2CCCCC2N1. The molecule has 2 aliphatic rings. The van der Waals surface area contributed by atoms with Gasteiger partial charge in [-0.15, -0.1) is 11.3 Å². The van der Waals surface area contributed by atoms with Crippen LogP contribution in [0.1, 0.15) is 37.8 Å². The van der Waals surface area contributed by atoms with Crippen molar-refractivity contribution in [3.8, 4) is 0 Å². The first-order chi connectivity index (χ1) is 8.83. The second-order valence-corrected chi connectivity index (χ2v) is 6.02. The molecule has 1 amide bonds. The molecule has 4 nitrogen and oxygen atoms in total. The van der Waals surface area contributed by atoms with Crippen LogP contribution < -0.4 is 10.6 Å². The number of aromatic nitrogens is 1. The Morgan fingerprint density at radius 3 is 3.17 bits per heavy atom. The predicted octanol–water partition coefficient (Wildman–Crippen LogP) is 1.68. The molecule has 3 unspecified atom stereocenters. The molecular weight excluding hydrogens is 246 g/mol. The molecule has 1 saturated carbocycles. The molecule has 3 rings (SSSR count). The number of nitrogens with zero attached hydrogens (tertiary/aromatic N) is 1. The Kier molecular flexibility index (Phi) is 3.61. The van der Waals surface area contributed by atoms with E-state index < -0.39 is 0 Å². The largest absolute Gasteiger partial charge is 0.349 e. The summed E-state index contributed by atoms with van der Waals surface area (Å²) in [5.74, 6) is 0.853. The van der Waals surface area contributed by atoms with Gasteiger partial charge in [0.1, 0.15) is 0 Å². The van der Waals surface area contributed by atoms with Gasteiger partial charge in [-0.05, 0) is 25.2 Å². The number of fused-ring (bicyclic) bond motifs is 1. The average molecular weight is 265 g/mol. The van der Waals surface area contributed by atoms with Gasteiger partial charge >= 0.3 is 0 Å². The molecular formula is C13H19N3OS. The highest BCUT2D eigenvalue weighted by Gasteiger charge is 2.37. The molecule has 1 aromatic heterocycles. The van der Waals surface area contributed by atoms with Crippen molar-refractivity contribution in [1.29, 1.82) is 0 Å². The number of hydrogen-bond acceptors (Lipinski definition) is 4. The van der Waals surface area contributed by atoms with Crippen molar-refractivity contribution < 1.29 is 4.79 Å². The highest BCUT2D eigenvalue weighted by molar-refractivity contribution is 7.07. The Morgan fingerprint density at radius 2 is 2.39 bits per heavy atom. The summed E-state index contributed by atoms with van der Waals surface area (Å²) in [6, 6.07) is 0.588. The maximum Gasteiger partial charge on any atom is 0.237 e. The molecule has 2 N–H and O–H groups in total. The number of hydrogen-bond donors (Lipinski definition) is 2. The molecule has 1 aliphatic heterocycles. The van der Waals surface area contributed by atoms with E-state index in [-0.39, 0.29) is 11.9 Å². The zero-order chi connectivity index (χ0) is 12.4. The first-order valence-electron chi connectivity index (χ1n) is 6.74. The fourth-order valence-electron chi connectivity index (χ4n) is 3.15. The van der Waals surface area contributed by atoms with Gasteiger partial charge in [0.2, 0.25) is 5.91 Å². The minimum Gasteiger partial charge on any atom is -0.349 e. The summed E-state index contributed by atoms with van der Waals surface area (Å²) in [4.78, 5) is 16.3. The zero-order valence-corrected chi connectivity index (χ0v) is 11.2. The van der Waals surface area contributed by atoms with Crippen LogP contribution in [-0.2, 0) is 11.3 Å². The molecule has 1 aromatic rings. The third-order valence-electron chi connectivity index (χ3n) is 4.11. The van der Waals surface area contributed by atoms with Crippen molar-refractivity contribution in [1.82, 2.24) is 15.6 Å². The standard InChI is InChI=1S/C13H19N3OS/c17-13(14-6-10-7-18-8-15-10)12-5-9-3-1-2-4-11(9)16-12/h7-9,11-12,16H,1-6H2,(H,14,17). The van der Waals surface area contributed by atoms with E-state index in [0.717, 1.165) is 12.1 Å². The van der Waals surface area contributed by atoms with Gasteiger partial charge in [-0.1, -0.05) is 12.8 Å². The molecule has 2 fully saturated rings. The summed E-state index contributed by atoms with van der Waals surface area (Å²) >= 11 is 1.56. The van der Waals surface area contributed by atoms with Crippen LogP contribution in [0.25, 0.3) is 0 Å². The first kappa shape index (κ1) is 12.1. The lowest BCUT2D eigenvalue weighted by atomic mass is 9.85. The van der Waals surface area contributed by atoms with Crippen LogP contribution in [0.5, 0.6) is 0 Å². The molecule has 0 bridgehead atoms. The Morgan fingerprint density at radius 1 is 1.50 bits per heavy atom. The van der Waals surface area contributed by atoms with Gasteiger partial charge in [-0.2, -0.15) is 0 Å². The van der Waals surface area contributed by atoms with Crippen molar-refractivity contribution in [3.63, 3.8) is 0 Å². The molecule has 18 heavy (non-hydrogen) atoms. The van der Waals surface area contributed by atoms with Crippen LogP contribution in [0.3, 0.4) is 0 Å². The van der Waals surface area contributed by atoms with Gasteiger partial charge in [0, 0.05) is 11.4 Å². The van der Waals surface area contributed by atoms with E-state index in [4.69, 9.17) is 0 Å². The molecule has 0 spiro atoms. The maximum absolute atomic E-state index is 12.1. The topological polar surface area (TPSA) is 54.0 Å². The fraction of sp³-hybridized carbons (Fsp3) is 0.692. The van der Waals surface area contributed by atoms with Crippen molar-refractivity contribution >= 4 is 17.2 Å². The van der Waals surface area contributed by atoms with E-state index in [0.29, 0.717) is 18.5 Å². The van der Waals surface area contributed by atoms with Gasteiger partial charge in [-0.3, -0.25) is 4.79 Å². The number of nitrogens with one attached hydrogen (secondary N) is 2. The van der Waals surface area contributed by atoms with Gasteiger partial charge in [-0.25, -0.2) is 4.98 Å². The van der Waals surface area contributed by atoms with E-state index in [1.54, 1.807) is 16.8 Å². The molecule has 98 valence electrons. The number of carbonyl (C=O) groups is 1. The van der Waals surface area contributed by atoms with Crippen molar-refractivity contribution in [2.45, 2.75) is 50.7 Å². The highest BCUT2D eigenvalue weighted by Crippen LogP contribution is 2.33. The lowest BCUT2D eigenvalue weighted by Crippen LogP contribution is -2.42. The van der Waals surface area contributed by atoms with Crippen molar-refractivity contribution in [2.24, 2.45) is 5.92 Å². The molecule has 5 heteroatoms. The van der Waals surface area contributed by atoms with Crippen LogP contribution in [0.15, 0.2) is 10.9 Å². The number of carbonyl (C=O) groups excluding carboxylic acids is 1. The van der Waals surface area contributed by atoms with Crippen molar-refractivity contribution in [3.05, 3.63) is 16.6 Å². The Balaban J connectivity index is 1.51. The van der Waals surface area contributed by atoms with Crippen LogP contribution in [0.2, 0.25) is 0 Å². The van der Waals surface area contributed by atoms with Gasteiger partial charge in [0.25, 0.3) is 0 Å². The minimum atomic E-state index is 0.0109. The molecule has 3 atom stereocenters. The molecule has 0 aromatic carbocycles. The molecule has 1 aliphatic carbocycles. The van der Waals surface area contributed by atoms with E-state index in [2.05, 4.69) is 15.6 Å². The van der Waals surface area contributed by atoms with Crippen LogP contribution in [0, 0.1) is 5.92 Å². The third-order valence-corrected chi connectivity index (χ3v) is 4.74. The Hall–Kier alpha value is -0.940. The summed E-state index contributed by atoms with van der Waals surface area (Å²) in [6.07, 6.45) is 6.17. The summed E-state index contributed by atoms with van der Waals surface area (Å²) in [7, 11) is 0. The minimum absolute atomic E-state index is 0.0109. The van der Waals surface area contributed by atoms with Crippen LogP contribution >= 0.6 is 11.3 Å². The summed E-state index contributed by atoms with van der Waals surface area (Å²) in [5, 5.41) is 8.45. The predicted molar refractivity (Wildman–Crippen MR) is 71.2 cm³/mol. The summed E-state index contributed by atoms with van der Waals surface area (Å²) in [5.41, 5.74) is 2.74. The van der Waals surface area contributed by atoms with E-state index in [9.17, 15) is 4.79 Å². The van der Waals surface area contributed by atoms with Crippen LogP contribution in [0.4, 0.5) is 0 Å². The molecule has 1 saturated heterocycles. The van der Waals surface area contributed by atoms with Crippen molar-refractivity contribution in [2.75, 3.05) is 0 Å². The van der Waals surface area contributed by atoms with Gasteiger partial charge in [0.15, 0.2) is 0 Å². The first-order valence-corrected chi connectivity index (χ1v) is 7.68. The van der Waals surface area contributed by atoms with Gasteiger partial charge < -0.3 is 10.6 Å².